The predicted octanol–water partition coefficient (Wildman–Crippen LogP) is 1.68. The summed E-state index contributed by atoms with van der Waals surface area (Å²) in [5, 5.41) is 5.25. The van der Waals surface area contributed by atoms with E-state index >= 15 is 0 Å². The van der Waals surface area contributed by atoms with Gasteiger partial charge < -0.3 is 10.6 Å². The van der Waals surface area contributed by atoms with E-state index < -0.39 is 21.7 Å². The Hall–Kier alpha value is -2.94. The summed E-state index contributed by atoms with van der Waals surface area (Å²) in [6, 6.07) is 12.0. The number of amides is 2. The Morgan fingerprint density at radius 2 is 1.71 bits per heavy atom. The van der Waals surface area contributed by atoms with Crippen LogP contribution in [0.5, 0.6) is 0 Å². The van der Waals surface area contributed by atoms with Crippen LogP contribution in [0.2, 0.25) is 0 Å². The number of para-hydroxylation sites is 1. The number of carbonyl (C=O) groups excluding carboxylic acids is 2. The summed E-state index contributed by atoms with van der Waals surface area (Å²) in [5.41, 5.74) is 0.932. The van der Waals surface area contributed by atoms with Gasteiger partial charge in [-0.15, -0.1) is 0 Å². The lowest BCUT2D eigenvalue weighted by Gasteiger charge is -2.12. The van der Waals surface area contributed by atoms with Crippen molar-refractivity contribution >= 4 is 27.5 Å². The molecule has 2 amide bonds. The van der Waals surface area contributed by atoms with Gasteiger partial charge in [0.05, 0.1) is 23.4 Å². The highest BCUT2D eigenvalue weighted by Crippen LogP contribution is 2.16. The summed E-state index contributed by atoms with van der Waals surface area (Å²) in [4.78, 5) is 24.2. The molecule has 0 unspecified atom stereocenters. The number of halogens is 1. The topological polar surface area (TPSA) is 104 Å². The molecule has 9 heteroatoms. The van der Waals surface area contributed by atoms with Gasteiger partial charge >= 0.3 is 0 Å². The zero-order valence-corrected chi connectivity index (χ0v) is 16.2. The third-order valence-corrected chi connectivity index (χ3v) is 5.09. The van der Waals surface area contributed by atoms with Gasteiger partial charge in [-0.3, -0.25) is 14.3 Å². The fraction of sp³-hybridized carbons (Fsp3) is 0.263. The molecule has 0 heterocycles. The highest BCUT2D eigenvalue weighted by molar-refractivity contribution is 7.92. The molecule has 7 nitrogen and oxygen atoms in total. The Morgan fingerprint density at radius 3 is 2.43 bits per heavy atom. The van der Waals surface area contributed by atoms with Gasteiger partial charge in [-0.2, -0.15) is 0 Å². The van der Waals surface area contributed by atoms with Gasteiger partial charge in [0.1, 0.15) is 5.82 Å². The van der Waals surface area contributed by atoms with Gasteiger partial charge in [-0.05, 0) is 36.8 Å². The number of rotatable bonds is 9. The normalized spacial score (nSPS) is 10.9. The van der Waals surface area contributed by atoms with Crippen molar-refractivity contribution in [2.75, 3.05) is 23.6 Å². The van der Waals surface area contributed by atoms with Crippen molar-refractivity contribution in [3.05, 3.63) is 65.5 Å². The van der Waals surface area contributed by atoms with E-state index in [4.69, 9.17) is 0 Å². The van der Waals surface area contributed by atoms with Crippen LogP contribution >= 0.6 is 0 Å². The standard InChI is InChI=1S/C19H22FN3O4S/c1-2-28(26,27)23-17-9-4-3-8-16(17)19(25)22-11-10-21-18(24)13-14-6-5-7-15(20)12-14/h3-9,12,23H,2,10-11,13H2,1H3,(H,21,24)(H,22,25). The summed E-state index contributed by atoms with van der Waals surface area (Å²) in [7, 11) is -3.51. The van der Waals surface area contributed by atoms with Gasteiger partial charge in [0, 0.05) is 13.1 Å². The lowest BCUT2D eigenvalue weighted by molar-refractivity contribution is -0.120. The van der Waals surface area contributed by atoms with Crippen molar-refractivity contribution in [2.45, 2.75) is 13.3 Å². The maximum atomic E-state index is 13.1. The number of hydrogen-bond donors (Lipinski definition) is 3. The summed E-state index contributed by atoms with van der Waals surface area (Å²) in [6.07, 6.45) is 0.0351. The molecule has 150 valence electrons. The maximum Gasteiger partial charge on any atom is 0.253 e. The summed E-state index contributed by atoms with van der Waals surface area (Å²) in [5.74, 6) is -1.28. The van der Waals surface area contributed by atoms with Gasteiger partial charge in [0.25, 0.3) is 5.91 Å². The van der Waals surface area contributed by atoms with Gasteiger partial charge in [0.2, 0.25) is 15.9 Å². The van der Waals surface area contributed by atoms with E-state index in [0.717, 1.165) is 0 Å². The number of hydrogen-bond acceptors (Lipinski definition) is 4. The van der Waals surface area contributed by atoms with Crippen molar-refractivity contribution in [1.82, 2.24) is 10.6 Å². The highest BCUT2D eigenvalue weighted by Gasteiger charge is 2.15. The number of benzene rings is 2. The first kappa shape index (κ1) is 21.4. The molecule has 0 fully saturated rings. The molecule has 0 saturated carbocycles. The van der Waals surface area contributed by atoms with Crippen molar-refractivity contribution < 1.29 is 22.4 Å². The van der Waals surface area contributed by atoms with Crippen LogP contribution in [-0.4, -0.2) is 39.1 Å². The molecule has 0 saturated heterocycles. The predicted molar refractivity (Wildman–Crippen MR) is 105 cm³/mol. The molecule has 0 aromatic heterocycles. The molecule has 0 aliphatic heterocycles. The Kier molecular flexibility index (Phi) is 7.51. The first-order chi connectivity index (χ1) is 13.3. The summed E-state index contributed by atoms with van der Waals surface area (Å²) in [6.45, 7) is 1.84. The largest absolute Gasteiger partial charge is 0.354 e. The van der Waals surface area contributed by atoms with Crippen LogP contribution in [0, 0.1) is 5.82 Å². The van der Waals surface area contributed by atoms with Crippen LogP contribution in [-0.2, 0) is 21.2 Å². The first-order valence-corrected chi connectivity index (χ1v) is 10.3. The van der Waals surface area contributed by atoms with Crippen LogP contribution in [0.25, 0.3) is 0 Å². The molecule has 0 aliphatic rings. The highest BCUT2D eigenvalue weighted by atomic mass is 32.2. The van der Waals surface area contributed by atoms with E-state index in [1.54, 1.807) is 18.2 Å². The molecule has 0 radical (unpaired) electrons. The second-order valence-electron chi connectivity index (χ2n) is 5.96. The second-order valence-corrected chi connectivity index (χ2v) is 7.97. The zero-order chi connectivity index (χ0) is 20.6. The molecule has 2 aromatic rings. The van der Waals surface area contributed by atoms with Crippen LogP contribution in [0.1, 0.15) is 22.8 Å². The average Bonchev–Trinajstić information content (AvgIpc) is 2.65. The number of anilines is 1. The number of nitrogens with one attached hydrogen (secondary N) is 3. The van der Waals surface area contributed by atoms with Crippen LogP contribution in [0.15, 0.2) is 48.5 Å². The minimum Gasteiger partial charge on any atom is -0.354 e. The quantitative estimate of drug-likeness (QED) is 0.550. The second kappa shape index (κ2) is 9.84. The first-order valence-electron chi connectivity index (χ1n) is 8.69. The minimum atomic E-state index is -3.51. The van der Waals surface area contributed by atoms with E-state index in [0.29, 0.717) is 5.56 Å². The summed E-state index contributed by atoms with van der Waals surface area (Å²) < 4.78 is 39.0. The molecule has 0 spiro atoms. The van der Waals surface area contributed by atoms with Gasteiger partial charge in [0.15, 0.2) is 0 Å². The van der Waals surface area contributed by atoms with Crippen molar-refractivity contribution in [1.29, 1.82) is 0 Å². The van der Waals surface area contributed by atoms with E-state index in [-0.39, 0.29) is 42.4 Å². The van der Waals surface area contributed by atoms with Crippen molar-refractivity contribution in [2.24, 2.45) is 0 Å². The van der Waals surface area contributed by atoms with E-state index in [1.807, 2.05) is 0 Å². The van der Waals surface area contributed by atoms with Gasteiger partial charge in [-0.25, -0.2) is 12.8 Å². The fourth-order valence-electron chi connectivity index (χ4n) is 2.38. The Morgan fingerprint density at radius 1 is 1.00 bits per heavy atom. The smallest absolute Gasteiger partial charge is 0.253 e. The molecule has 0 bridgehead atoms. The molecular weight excluding hydrogens is 385 g/mol. The zero-order valence-electron chi connectivity index (χ0n) is 15.4. The average molecular weight is 407 g/mol. The van der Waals surface area contributed by atoms with Gasteiger partial charge in [-0.1, -0.05) is 24.3 Å². The van der Waals surface area contributed by atoms with Crippen LogP contribution < -0.4 is 15.4 Å². The molecular formula is C19H22FN3O4S. The minimum absolute atomic E-state index is 0.0351. The Labute approximate surface area is 163 Å². The molecule has 28 heavy (non-hydrogen) atoms. The fourth-order valence-corrected chi connectivity index (χ4v) is 3.04. The van der Waals surface area contributed by atoms with Crippen LogP contribution in [0.3, 0.4) is 0 Å². The van der Waals surface area contributed by atoms with Crippen molar-refractivity contribution in [3.8, 4) is 0 Å². The SMILES string of the molecule is CCS(=O)(=O)Nc1ccccc1C(=O)NCCNC(=O)Cc1cccc(F)c1. The van der Waals surface area contributed by atoms with Crippen molar-refractivity contribution in [3.63, 3.8) is 0 Å². The number of carbonyl (C=O) groups is 2. The lowest BCUT2D eigenvalue weighted by atomic mass is 10.1. The Bertz CT molecular complexity index is 948. The molecule has 2 rings (SSSR count). The Balaban J connectivity index is 1.84. The molecule has 0 aliphatic carbocycles. The van der Waals surface area contributed by atoms with E-state index in [2.05, 4.69) is 15.4 Å². The maximum absolute atomic E-state index is 13.1. The van der Waals surface area contributed by atoms with Crippen LogP contribution in [0.4, 0.5) is 10.1 Å². The molecule has 3 N–H and O–H groups in total. The third kappa shape index (κ3) is 6.66. The number of sulfonamides is 1. The van der Waals surface area contributed by atoms with E-state index in [1.165, 1.54) is 37.3 Å². The molecule has 2 aromatic carbocycles. The monoisotopic (exact) mass is 407 g/mol. The third-order valence-electron chi connectivity index (χ3n) is 3.80. The molecule has 0 atom stereocenters. The summed E-state index contributed by atoms with van der Waals surface area (Å²) >= 11 is 0. The lowest BCUT2D eigenvalue weighted by Crippen LogP contribution is -2.35. The van der Waals surface area contributed by atoms with E-state index in [9.17, 15) is 22.4 Å².